The van der Waals surface area contributed by atoms with Crippen LogP contribution in [0.2, 0.25) is 0 Å². The molecule has 0 radical (unpaired) electrons. The predicted octanol–water partition coefficient (Wildman–Crippen LogP) is 3.73. The van der Waals surface area contributed by atoms with Gasteiger partial charge >= 0.3 is 0 Å². The fraction of sp³-hybridized carbons (Fsp3) is 0.312. The van der Waals surface area contributed by atoms with Crippen molar-refractivity contribution in [2.45, 2.75) is 20.4 Å². The van der Waals surface area contributed by atoms with E-state index in [4.69, 9.17) is 4.74 Å². The molecule has 0 aliphatic heterocycles. The molecule has 4 heteroatoms. The maximum atomic E-state index is 12.2. The number of hydrogen-bond acceptors (Lipinski definition) is 3. The molecule has 0 unspecified atom stereocenters. The molecule has 0 aliphatic rings. The Hall–Kier alpha value is -1.81. The number of ether oxygens (including phenoxy) is 1. The summed E-state index contributed by atoms with van der Waals surface area (Å²) in [5, 5.41) is 0. The number of benzene rings is 1. The number of amides is 1. The summed E-state index contributed by atoms with van der Waals surface area (Å²) in [6.07, 6.45) is 0. The average Bonchev–Trinajstić information content (AvgIpc) is 2.87. The summed E-state index contributed by atoms with van der Waals surface area (Å²) in [7, 11) is 1.83. The summed E-state index contributed by atoms with van der Waals surface area (Å²) >= 11 is 1.53. The van der Waals surface area contributed by atoms with Crippen LogP contribution >= 0.6 is 11.3 Å². The van der Waals surface area contributed by atoms with Crippen molar-refractivity contribution in [3.63, 3.8) is 0 Å². The predicted molar refractivity (Wildman–Crippen MR) is 82.5 cm³/mol. The van der Waals surface area contributed by atoms with E-state index < -0.39 is 0 Å². The van der Waals surface area contributed by atoms with Crippen molar-refractivity contribution >= 4 is 17.2 Å². The lowest BCUT2D eigenvalue weighted by Crippen LogP contribution is -2.25. The van der Waals surface area contributed by atoms with Gasteiger partial charge in [-0.05, 0) is 43.7 Å². The van der Waals surface area contributed by atoms with Gasteiger partial charge in [-0.2, -0.15) is 0 Å². The first kappa shape index (κ1) is 14.6. The maximum absolute atomic E-state index is 12.2. The average molecular weight is 289 g/mol. The van der Waals surface area contributed by atoms with Crippen molar-refractivity contribution in [3.05, 3.63) is 51.7 Å². The Morgan fingerprint density at radius 1 is 1.20 bits per heavy atom. The molecular formula is C16H19NO2S. The standard InChI is InChI=1S/C16H19NO2S/c1-4-19-14-8-6-13(7-9-14)11-17(3)16(18)15-10-5-12(2)20-15/h5-10H,4,11H2,1-3H3. The van der Waals surface area contributed by atoms with E-state index in [-0.39, 0.29) is 5.91 Å². The molecule has 1 aromatic heterocycles. The van der Waals surface area contributed by atoms with E-state index >= 15 is 0 Å². The molecule has 1 aromatic carbocycles. The lowest BCUT2D eigenvalue weighted by molar-refractivity contribution is 0.0790. The van der Waals surface area contributed by atoms with E-state index in [1.54, 1.807) is 4.90 Å². The van der Waals surface area contributed by atoms with Crippen molar-refractivity contribution in [1.29, 1.82) is 0 Å². The van der Waals surface area contributed by atoms with Gasteiger partial charge in [-0.15, -0.1) is 11.3 Å². The van der Waals surface area contributed by atoms with Gasteiger partial charge in [0.1, 0.15) is 5.75 Å². The minimum Gasteiger partial charge on any atom is -0.494 e. The second kappa shape index (κ2) is 6.57. The highest BCUT2D eigenvalue weighted by Gasteiger charge is 2.13. The smallest absolute Gasteiger partial charge is 0.263 e. The van der Waals surface area contributed by atoms with Crippen LogP contribution < -0.4 is 4.74 Å². The van der Waals surface area contributed by atoms with Crippen molar-refractivity contribution in [2.24, 2.45) is 0 Å². The number of rotatable bonds is 5. The minimum atomic E-state index is 0.0667. The number of hydrogen-bond donors (Lipinski definition) is 0. The summed E-state index contributed by atoms with van der Waals surface area (Å²) in [6, 6.07) is 11.7. The summed E-state index contributed by atoms with van der Waals surface area (Å²) in [6.45, 7) is 5.23. The van der Waals surface area contributed by atoms with Crippen LogP contribution in [-0.2, 0) is 6.54 Å². The van der Waals surface area contributed by atoms with E-state index in [2.05, 4.69) is 0 Å². The van der Waals surface area contributed by atoms with Gasteiger partial charge in [0.2, 0.25) is 0 Å². The third kappa shape index (κ3) is 3.61. The number of nitrogens with zero attached hydrogens (tertiary/aromatic N) is 1. The van der Waals surface area contributed by atoms with Crippen LogP contribution in [0.4, 0.5) is 0 Å². The Balaban J connectivity index is 2.00. The van der Waals surface area contributed by atoms with Gasteiger partial charge < -0.3 is 9.64 Å². The molecule has 0 saturated heterocycles. The zero-order valence-electron chi connectivity index (χ0n) is 12.1. The first-order chi connectivity index (χ1) is 9.60. The summed E-state index contributed by atoms with van der Waals surface area (Å²) in [4.78, 5) is 15.9. The highest BCUT2D eigenvalue weighted by molar-refractivity contribution is 7.13. The van der Waals surface area contributed by atoms with Gasteiger partial charge in [-0.3, -0.25) is 4.79 Å². The number of aryl methyl sites for hydroxylation is 1. The Bertz CT molecular complexity index is 574. The first-order valence-electron chi connectivity index (χ1n) is 6.63. The van der Waals surface area contributed by atoms with Crippen LogP contribution in [0.5, 0.6) is 5.75 Å². The Labute approximate surface area is 123 Å². The SMILES string of the molecule is CCOc1ccc(CN(C)C(=O)c2ccc(C)s2)cc1. The molecule has 0 fully saturated rings. The Kier molecular flexibility index (Phi) is 4.79. The van der Waals surface area contributed by atoms with E-state index in [0.29, 0.717) is 13.2 Å². The van der Waals surface area contributed by atoms with Gasteiger partial charge in [-0.1, -0.05) is 12.1 Å². The van der Waals surface area contributed by atoms with Crippen LogP contribution in [-0.4, -0.2) is 24.5 Å². The van der Waals surface area contributed by atoms with E-state index in [0.717, 1.165) is 21.1 Å². The summed E-state index contributed by atoms with van der Waals surface area (Å²) in [5.41, 5.74) is 1.09. The molecular weight excluding hydrogens is 270 g/mol. The normalized spacial score (nSPS) is 10.3. The molecule has 106 valence electrons. The van der Waals surface area contributed by atoms with Crippen LogP contribution in [0.15, 0.2) is 36.4 Å². The molecule has 2 rings (SSSR count). The highest BCUT2D eigenvalue weighted by Crippen LogP contribution is 2.18. The molecule has 1 heterocycles. The highest BCUT2D eigenvalue weighted by atomic mass is 32.1. The van der Waals surface area contributed by atoms with E-state index in [9.17, 15) is 4.79 Å². The van der Waals surface area contributed by atoms with Gasteiger partial charge in [-0.25, -0.2) is 0 Å². The minimum absolute atomic E-state index is 0.0667. The quantitative estimate of drug-likeness (QED) is 0.839. The molecule has 1 amide bonds. The van der Waals surface area contributed by atoms with Crippen LogP contribution in [0, 0.1) is 6.92 Å². The molecule has 3 nitrogen and oxygen atoms in total. The van der Waals surface area contributed by atoms with Gasteiger partial charge in [0, 0.05) is 18.5 Å². The first-order valence-corrected chi connectivity index (χ1v) is 7.45. The van der Waals surface area contributed by atoms with Gasteiger partial charge in [0.05, 0.1) is 11.5 Å². The number of carbonyl (C=O) groups is 1. The molecule has 0 saturated carbocycles. The lowest BCUT2D eigenvalue weighted by Gasteiger charge is -2.16. The van der Waals surface area contributed by atoms with Crippen molar-refractivity contribution < 1.29 is 9.53 Å². The zero-order valence-corrected chi connectivity index (χ0v) is 12.9. The van der Waals surface area contributed by atoms with Crippen molar-refractivity contribution in [1.82, 2.24) is 4.90 Å². The Morgan fingerprint density at radius 2 is 1.90 bits per heavy atom. The summed E-state index contributed by atoms with van der Waals surface area (Å²) < 4.78 is 5.41. The molecule has 2 aromatic rings. The third-order valence-corrected chi connectivity index (χ3v) is 3.94. The second-order valence-corrected chi connectivity index (χ2v) is 5.94. The summed E-state index contributed by atoms with van der Waals surface area (Å²) in [5.74, 6) is 0.927. The fourth-order valence-corrected chi connectivity index (χ4v) is 2.80. The monoisotopic (exact) mass is 289 g/mol. The van der Waals surface area contributed by atoms with Crippen LogP contribution in [0.3, 0.4) is 0 Å². The van der Waals surface area contributed by atoms with Gasteiger partial charge in [0.15, 0.2) is 0 Å². The van der Waals surface area contributed by atoms with Crippen LogP contribution in [0.1, 0.15) is 27.0 Å². The second-order valence-electron chi connectivity index (χ2n) is 4.65. The molecule has 20 heavy (non-hydrogen) atoms. The molecule has 0 atom stereocenters. The maximum Gasteiger partial charge on any atom is 0.263 e. The van der Waals surface area contributed by atoms with E-state index in [1.165, 1.54) is 11.3 Å². The zero-order chi connectivity index (χ0) is 14.5. The van der Waals surface area contributed by atoms with Crippen LogP contribution in [0.25, 0.3) is 0 Å². The largest absolute Gasteiger partial charge is 0.494 e. The van der Waals surface area contributed by atoms with E-state index in [1.807, 2.05) is 57.3 Å². The molecule has 0 N–H and O–H groups in total. The van der Waals surface area contributed by atoms with Gasteiger partial charge in [0.25, 0.3) is 5.91 Å². The molecule has 0 spiro atoms. The lowest BCUT2D eigenvalue weighted by atomic mass is 10.2. The fourth-order valence-electron chi connectivity index (χ4n) is 1.94. The van der Waals surface area contributed by atoms with Crippen molar-refractivity contribution in [3.8, 4) is 5.75 Å². The molecule has 0 bridgehead atoms. The van der Waals surface area contributed by atoms with Crippen molar-refractivity contribution in [2.75, 3.05) is 13.7 Å². The topological polar surface area (TPSA) is 29.5 Å². The molecule has 0 aliphatic carbocycles. The third-order valence-electron chi connectivity index (χ3n) is 2.95. The number of thiophene rings is 1. The Morgan fingerprint density at radius 3 is 2.45 bits per heavy atom. The number of carbonyl (C=O) groups excluding carboxylic acids is 1.